The Morgan fingerprint density at radius 3 is 0.862 bits per heavy atom. The lowest BCUT2D eigenvalue weighted by atomic mass is 9.88. The highest BCUT2D eigenvalue weighted by molar-refractivity contribution is 7.28. The summed E-state index contributed by atoms with van der Waals surface area (Å²) in [5, 5.41) is 0. The van der Waals surface area contributed by atoms with Gasteiger partial charge in [0.05, 0.1) is 69.6 Å². The number of ether oxygens (including phenoxy) is 1. The van der Waals surface area contributed by atoms with Gasteiger partial charge in [0, 0.05) is 79.4 Å². The van der Waals surface area contributed by atoms with Crippen LogP contribution < -0.4 is 4.74 Å². The predicted molar refractivity (Wildman–Crippen MR) is 604 cm³/mol. The largest absolute Gasteiger partial charge is 0.493 e. The van der Waals surface area contributed by atoms with Gasteiger partial charge in [-0.2, -0.15) is 26.2 Å². The Balaban J connectivity index is 0.864. The zero-order chi connectivity index (χ0) is 97.1. The van der Waals surface area contributed by atoms with Gasteiger partial charge in [0.2, 0.25) is 0 Å². The molecule has 752 valence electrons. The maximum atomic E-state index is 18.6. The van der Waals surface area contributed by atoms with Crippen LogP contribution in [0.25, 0.3) is 125 Å². The normalized spacial score (nSPS) is 13.0. The maximum Gasteiger partial charge on any atom is 0.170 e. The number of halogens is 4. The van der Waals surface area contributed by atoms with Crippen molar-refractivity contribution in [2.75, 3.05) is 6.61 Å². The Morgan fingerprint density at radius 2 is 0.522 bits per heavy atom. The van der Waals surface area contributed by atoms with E-state index in [2.05, 4.69) is 144 Å². The van der Waals surface area contributed by atoms with Crippen LogP contribution in [0.15, 0.2) is 60.7 Å². The number of benzene rings is 3. The third kappa shape index (κ3) is 29.5. The first kappa shape index (κ1) is 110. The molecule has 0 saturated carbocycles. The Labute approximate surface area is 867 Å². The zero-order valence-electron chi connectivity index (χ0n) is 85.7. The number of rotatable bonds is 69. The van der Waals surface area contributed by atoms with E-state index in [9.17, 15) is 0 Å². The molecule has 10 heterocycles. The molecule has 13 rings (SSSR count). The fourth-order valence-electron chi connectivity index (χ4n) is 21.1. The number of fused-ring (bicyclic) bond motifs is 3. The first-order valence-corrected chi connectivity index (χ1v) is 62.4. The third-order valence-corrected chi connectivity index (χ3v) is 39.4. The van der Waals surface area contributed by atoms with Crippen LogP contribution in [0.5, 0.6) is 5.75 Å². The van der Waals surface area contributed by atoms with E-state index in [1.165, 1.54) is 287 Å². The first-order valence-electron chi connectivity index (χ1n) is 54.5. The van der Waals surface area contributed by atoms with E-state index in [0.29, 0.717) is 67.0 Å². The summed E-state index contributed by atoms with van der Waals surface area (Å²) in [7, 11) is 0. The van der Waals surface area contributed by atoms with E-state index in [1.807, 2.05) is 0 Å². The number of hydrogen-bond donors (Lipinski definition) is 0. The molecule has 10 aromatic heterocycles. The molecule has 0 aliphatic heterocycles. The highest BCUT2D eigenvalue weighted by Gasteiger charge is 2.35. The molecule has 4 atom stereocenters. The van der Waals surface area contributed by atoms with Gasteiger partial charge in [-0.3, -0.25) is 0 Å². The smallest absolute Gasteiger partial charge is 0.170 e. The quantitative estimate of drug-likeness (QED) is 0.0277. The maximum absolute atomic E-state index is 18.6. The molecule has 4 unspecified atom stereocenters. The van der Waals surface area contributed by atoms with Gasteiger partial charge >= 0.3 is 0 Å². The summed E-state index contributed by atoms with van der Waals surface area (Å²) in [5.41, 5.74) is 11.8. The summed E-state index contributed by atoms with van der Waals surface area (Å²) in [6.07, 6.45) is 64.3. The molecule has 0 bridgehead atoms. The molecule has 0 radical (unpaired) electrons. The monoisotopic (exact) mass is 2060 g/mol. The predicted octanol–water partition coefficient (Wildman–Crippen LogP) is 43.3. The fourth-order valence-corrected chi connectivity index (χ4v) is 31.0. The summed E-state index contributed by atoms with van der Waals surface area (Å²) in [5.74, 6) is -0.996. The summed E-state index contributed by atoms with van der Waals surface area (Å²) in [4.78, 5) is 13.5. The van der Waals surface area contributed by atoms with Crippen LogP contribution in [0.2, 0.25) is 0 Å². The average molecular weight is 2060 g/mol. The molecule has 0 aliphatic rings. The van der Waals surface area contributed by atoms with Gasteiger partial charge in [0.15, 0.2) is 23.3 Å². The Kier molecular flexibility index (Phi) is 46.2. The lowest BCUT2D eigenvalue weighted by Gasteiger charge is -2.17. The second-order valence-corrected chi connectivity index (χ2v) is 49.7. The molecule has 13 aromatic rings. The molecule has 138 heavy (non-hydrogen) atoms. The SMILES string of the molecule is CCCCCCCCCCCCOc1c(C)c(-c2ccc(C)s2)c2nsnc2c1-c1ccc(-c2sc(-c3c(F)c(F)c(-c4cc(CC(CC)CCCC)c(-c5ccc(-c6sc(-c7c(F)c(F)c(-c8cc(CC(CCCCCCCC)CCCCCCCCCC)c(C)s8)c8nsnc78)cc6CC(CCCCCCCC)CCCCCCCCCC)s5)s4)c4nsnc34)cc2CC(CC)CCCC)s1. The van der Waals surface area contributed by atoms with Gasteiger partial charge in [-0.1, -0.05) is 377 Å². The average Bonchev–Trinajstić information content (AvgIpc) is 1.57. The van der Waals surface area contributed by atoms with E-state index in [1.54, 1.807) is 56.7 Å². The fraction of sp³-hybridized carbons (Fsp3) is 0.607. The minimum atomic E-state index is -0.914. The molecule has 0 N–H and O–H groups in total. The molecule has 3 aromatic carbocycles. The lowest BCUT2D eigenvalue weighted by molar-refractivity contribution is 0.304. The topological polar surface area (TPSA) is 86.6 Å². The zero-order valence-corrected chi connectivity index (χ0v) is 93.8. The lowest BCUT2D eigenvalue weighted by Crippen LogP contribution is -2.06. The third-order valence-electron chi connectivity index (χ3n) is 29.4. The van der Waals surface area contributed by atoms with Crippen molar-refractivity contribution in [2.24, 2.45) is 23.7 Å². The Hall–Kier alpha value is -5.46. The second kappa shape index (κ2) is 58.0. The van der Waals surface area contributed by atoms with Gasteiger partial charge in [0.1, 0.15) is 38.8 Å². The highest BCUT2D eigenvalue weighted by atomic mass is 32.1. The van der Waals surface area contributed by atoms with E-state index in [0.717, 1.165) is 227 Å². The van der Waals surface area contributed by atoms with E-state index in [-0.39, 0.29) is 22.3 Å². The molecule has 0 spiro atoms. The van der Waals surface area contributed by atoms with Crippen molar-refractivity contribution in [1.29, 1.82) is 0 Å². The number of nitrogens with zero attached hydrogens (tertiary/aromatic N) is 6. The highest BCUT2D eigenvalue weighted by Crippen LogP contribution is 2.56. The molecule has 0 saturated heterocycles. The van der Waals surface area contributed by atoms with E-state index >= 15 is 17.6 Å². The van der Waals surface area contributed by atoms with Crippen molar-refractivity contribution in [3.63, 3.8) is 0 Å². The first-order chi connectivity index (χ1) is 67.6. The minimum absolute atomic E-state index is 0.151. The molecular formula is C117H160F4N6OS10. The van der Waals surface area contributed by atoms with Crippen molar-refractivity contribution in [1.82, 2.24) is 26.2 Å². The van der Waals surface area contributed by atoms with Crippen molar-refractivity contribution in [2.45, 2.75) is 430 Å². The standard InChI is InChI=1S/C117H160F4N6OS10/c1-13-22-29-34-39-42-43-46-51-56-69-128-114-79(11)98(89-64-63-78(10)129-89)108-113(127-136-122-108)103(114)90-65-66-91(131-90)115-86(70-81(20-8)57-27-18-6)75-95(133-115)100-106(120)107(121)101(112-111(100)125-138-126-112)96-76-87(71-82(21-9)58-28-19-7)116(134-96)92-67-68-93(132-92)117-88(73-84(61-53-48-38-33-26-17-5)62-55-50-45-41-36-31-24-15-3)77-97(135-117)102-105(119)104(118)99(109-110(102)124-137-123-109)94-74-85(80(12)130-94)72-83(59-52-47-37-32-25-16-4)60-54-49-44-40-35-30-23-14-2/h63-68,74-77,81-84H,13-62,69-73H2,1-12H3. The van der Waals surface area contributed by atoms with Gasteiger partial charge < -0.3 is 4.74 Å². The molecule has 21 heteroatoms. The Morgan fingerprint density at radius 1 is 0.254 bits per heavy atom. The van der Waals surface area contributed by atoms with Crippen LogP contribution in [-0.4, -0.2) is 32.8 Å². The van der Waals surface area contributed by atoms with Crippen molar-refractivity contribution in [3.8, 4) is 97.7 Å². The van der Waals surface area contributed by atoms with Gasteiger partial charge in [-0.25, -0.2) is 17.6 Å². The van der Waals surface area contributed by atoms with Crippen LogP contribution in [0, 0.1) is 67.7 Å². The molecule has 0 aliphatic carbocycles. The van der Waals surface area contributed by atoms with Crippen LogP contribution in [-0.2, 0) is 25.7 Å². The Bertz CT molecular complexity index is 5800. The number of unbranched alkanes of at least 4 members (excludes halogenated alkanes) is 35. The number of thiophene rings is 7. The van der Waals surface area contributed by atoms with Crippen molar-refractivity contribution >= 4 is 148 Å². The summed E-state index contributed by atoms with van der Waals surface area (Å²) in [6, 6.07) is 22.0. The summed E-state index contributed by atoms with van der Waals surface area (Å²) >= 11 is 14.7. The minimum Gasteiger partial charge on any atom is -0.493 e. The number of aryl methyl sites for hydroxylation is 2. The summed E-state index contributed by atoms with van der Waals surface area (Å²) in [6.45, 7) is 27.6. The number of aromatic nitrogens is 6. The van der Waals surface area contributed by atoms with Crippen LogP contribution in [0.4, 0.5) is 17.6 Å². The van der Waals surface area contributed by atoms with Crippen LogP contribution in [0.3, 0.4) is 0 Å². The van der Waals surface area contributed by atoms with Crippen LogP contribution >= 0.6 is 115 Å². The van der Waals surface area contributed by atoms with Crippen LogP contribution in [0.1, 0.15) is 421 Å². The second-order valence-electron chi connectivity index (χ2n) is 40.2. The molecular weight excluding hydrogens is 1900 g/mol. The van der Waals surface area contributed by atoms with Crippen molar-refractivity contribution < 1.29 is 22.3 Å². The molecule has 0 fully saturated rings. The van der Waals surface area contributed by atoms with Gasteiger partial charge in [-0.05, 0) is 159 Å². The van der Waals surface area contributed by atoms with E-state index < -0.39 is 23.3 Å². The summed E-state index contributed by atoms with van der Waals surface area (Å²) < 4.78 is 111. The number of hydrogen-bond acceptors (Lipinski definition) is 17. The molecule has 0 amide bonds. The van der Waals surface area contributed by atoms with Crippen molar-refractivity contribution in [3.05, 3.63) is 122 Å². The van der Waals surface area contributed by atoms with Gasteiger partial charge in [0.25, 0.3) is 0 Å². The van der Waals surface area contributed by atoms with E-state index in [4.69, 9.17) is 31.0 Å². The molecule has 7 nitrogen and oxygen atoms in total. The van der Waals surface area contributed by atoms with Gasteiger partial charge in [-0.15, -0.1) is 79.4 Å².